The summed E-state index contributed by atoms with van der Waals surface area (Å²) in [5.41, 5.74) is 7.23. The van der Waals surface area contributed by atoms with Crippen LogP contribution in [0.3, 0.4) is 0 Å². The molecule has 0 aliphatic heterocycles. The van der Waals surface area contributed by atoms with Gasteiger partial charge in [0, 0.05) is 18.8 Å². The highest BCUT2D eigenvalue weighted by Gasteiger charge is 2.49. The van der Waals surface area contributed by atoms with Crippen LogP contribution in [0.15, 0.2) is 24.4 Å². The lowest BCUT2D eigenvalue weighted by molar-refractivity contribution is -0.138. The number of aromatic nitrogens is 1. The van der Waals surface area contributed by atoms with E-state index in [0.29, 0.717) is 18.4 Å². The number of pyridine rings is 1. The van der Waals surface area contributed by atoms with Crippen molar-refractivity contribution in [3.05, 3.63) is 30.1 Å². The molecule has 0 spiro atoms. The molecular weight excluding hydrogens is 250 g/mol. The van der Waals surface area contributed by atoms with Gasteiger partial charge in [0.15, 0.2) is 0 Å². The van der Waals surface area contributed by atoms with Gasteiger partial charge in [-0.2, -0.15) is 0 Å². The smallest absolute Gasteiger partial charge is 0.227 e. The van der Waals surface area contributed by atoms with Crippen molar-refractivity contribution < 1.29 is 4.79 Å². The Morgan fingerprint density at radius 1 is 1.40 bits per heavy atom. The summed E-state index contributed by atoms with van der Waals surface area (Å²) in [5, 5.41) is 0. The maximum absolute atomic E-state index is 12.8. The molecule has 20 heavy (non-hydrogen) atoms. The molecule has 4 unspecified atom stereocenters. The molecule has 1 aromatic heterocycles. The minimum atomic E-state index is 0.0393. The number of rotatable bonds is 4. The molecule has 2 aliphatic carbocycles. The molecular formula is C16H23N3O. The van der Waals surface area contributed by atoms with E-state index >= 15 is 0 Å². The molecule has 1 heterocycles. The fourth-order valence-electron chi connectivity index (χ4n) is 3.95. The van der Waals surface area contributed by atoms with Crippen LogP contribution in [-0.4, -0.2) is 28.4 Å². The topological polar surface area (TPSA) is 59.2 Å². The summed E-state index contributed by atoms with van der Waals surface area (Å²) in [5.74, 6) is 1.36. The van der Waals surface area contributed by atoms with Gasteiger partial charge in [0.2, 0.25) is 5.91 Å². The van der Waals surface area contributed by atoms with Crippen molar-refractivity contribution in [1.29, 1.82) is 0 Å². The van der Waals surface area contributed by atoms with Crippen LogP contribution in [0.1, 0.15) is 31.9 Å². The fraction of sp³-hybridized carbons (Fsp3) is 0.625. The number of carbonyl (C=O) groups is 1. The van der Waals surface area contributed by atoms with Crippen LogP contribution in [0.25, 0.3) is 0 Å². The van der Waals surface area contributed by atoms with Crippen LogP contribution >= 0.6 is 0 Å². The van der Waals surface area contributed by atoms with Crippen LogP contribution in [0, 0.1) is 17.8 Å². The number of carbonyl (C=O) groups excluding carboxylic acids is 1. The van der Waals surface area contributed by atoms with E-state index in [4.69, 9.17) is 5.73 Å². The highest BCUT2D eigenvalue weighted by molar-refractivity contribution is 5.80. The molecule has 2 saturated carbocycles. The van der Waals surface area contributed by atoms with Crippen molar-refractivity contribution in [3.8, 4) is 0 Å². The van der Waals surface area contributed by atoms with E-state index in [1.54, 1.807) is 6.20 Å². The number of fused-ring (bicyclic) bond motifs is 2. The van der Waals surface area contributed by atoms with E-state index in [0.717, 1.165) is 18.7 Å². The molecule has 1 amide bonds. The van der Waals surface area contributed by atoms with Gasteiger partial charge in [0.25, 0.3) is 0 Å². The van der Waals surface area contributed by atoms with E-state index < -0.39 is 0 Å². The molecule has 2 fully saturated rings. The average Bonchev–Trinajstić information content (AvgIpc) is 3.06. The zero-order chi connectivity index (χ0) is 14.1. The lowest BCUT2D eigenvalue weighted by Gasteiger charge is -2.32. The van der Waals surface area contributed by atoms with Gasteiger partial charge in [0.1, 0.15) is 0 Å². The Bertz CT molecular complexity index is 474. The highest BCUT2D eigenvalue weighted by Crippen LogP contribution is 2.48. The second-order valence-corrected chi connectivity index (χ2v) is 6.11. The standard InChI is InChI=1S/C16H23N3O/c1-2-19(10-13-5-3-4-8-18-13)16(20)14-11-6-7-12(9-11)15(14)17/h3-5,8,11-12,14-15H,2,6-7,9-10,17H2,1H3. The van der Waals surface area contributed by atoms with Crippen molar-refractivity contribution in [3.63, 3.8) is 0 Å². The number of nitrogens with two attached hydrogens (primary N) is 1. The van der Waals surface area contributed by atoms with E-state index in [1.807, 2.05) is 30.0 Å². The van der Waals surface area contributed by atoms with Crippen LogP contribution in [-0.2, 0) is 11.3 Å². The van der Waals surface area contributed by atoms with Crippen LogP contribution < -0.4 is 5.73 Å². The van der Waals surface area contributed by atoms with Crippen molar-refractivity contribution in [2.75, 3.05) is 6.54 Å². The Labute approximate surface area is 120 Å². The first kappa shape index (κ1) is 13.6. The molecule has 1 aromatic rings. The molecule has 2 N–H and O–H groups in total. The highest BCUT2D eigenvalue weighted by atomic mass is 16.2. The molecule has 0 radical (unpaired) electrons. The largest absolute Gasteiger partial charge is 0.337 e. The van der Waals surface area contributed by atoms with Gasteiger partial charge in [-0.15, -0.1) is 0 Å². The van der Waals surface area contributed by atoms with E-state index in [9.17, 15) is 4.79 Å². The molecule has 4 nitrogen and oxygen atoms in total. The minimum Gasteiger partial charge on any atom is -0.337 e. The van der Waals surface area contributed by atoms with Crippen molar-refractivity contribution in [2.24, 2.45) is 23.5 Å². The zero-order valence-electron chi connectivity index (χ0n) is 12.0. The maximum atomic E-state index is 12.8. The van der Waals surface area contributed by atoms with Crippen molar-refractivity contribution >= 4 is 5.91 Å². The fourth-order valence-corrected chi connectivity index (χ4v) is 3.95. The molecule has 4 atom stereocenters. The van der Waals surface area contributed by atoms with Gasteiger partial charge in [-0.1, -0.05) is 6.07 Å². The first-order chi connectivity index (χ1) is 9.70. The maximum Gasteiger partial charge on any atom is 0.227 e. The summed E-state index contributed by atoms with van der Waals surface area (Å²) in [7, 11) is 0. The minimum absolute atomic E-state index is 0.0393. The van der Waals surface area contributed by atoms with Crippen LogP contribution in [0.4, 0.5) is 0 Å². The Morgan fingerprint density at radius 3 is 2.80 bits per heavy atom. The molecule has 3 rings (SSSR count). The monoisotopic (exact) mass is 273 g/mol. The first-order valence-electron chi connectivity index (χ1n) is 7.65. The second-order valence-electron chi connectivity index (χ2n) is 6.11. The average molecular weight is 273 g/mol. The third-order valence-electron chi connectivity index (χ3n) is 5.04. The lowest BCUT2D eigenvalue weighted by atomic mass is 9.84. The summed E-state index contributed by atoms with van der Waals surface area (Å²) in [6.45, 7) is 3.34. The van der Waals surface area contributed by atoms with Crippen LogP contribution in [0.2, 0.25) is 0 Å². The second kappa shape index (κ2) is 5.52. The van der Waals surface area contributed by atoms with E-state index in [2.05, 4.69) is 4.98 Å². The number of hydrogen-bond donors (Lipinski definition) is 1. The first-order valence-corrected chi connectivity index (χ1v) is 7.65. The Balaban J connectivity index is 1.71. The predicted molar refractivity (Wildman–Crippen MR) is 77.6 cm³/mol. The van der Waals surface area contributed by atoms with Gasteiger partial charge in [-0.25, -0.2) is 0 Å². The summed E-state index contributed by atoms with van der Waals surface area (Å²) < 4.78 is 0. The van der Waals surface area contributed by atoms with Crippen molar-refractivity contribution in [2.45, 2.75) is 38.8 Å². The third-order valence-corrected chi connectivity index (χ3v) is 5.04. The summed E-state index contributed by atoms with van der Waals surface area (Å²) in [6, 6.07) is 5.90. The summed E-state index contributed by atoms with van der Waals surface area (Å²) in [4.78, 5) is 19.0. The third kappa shape index (κ3) is 2.33. The van der Waals surface area contributed by atoms with Gasteiger partial charge in [0.05, 0.1) is 18.2 Å². The van der Waals surface area contributed by atoms with E-state index in [-0.39, 0.29) is 17.9 Å². The lowest BCUT2D eigenvalue weighted by Crippen LogP contribution is -2.46. The number of nitrogens with zero attached hydrogens (tertiary/aromatic N) is 2. The SMILES string of the molecule is CCN(Cc1ccccn1)C(=O)C1C2CCC(C2)C1N. The summed E-state index contributed by atoms with van der Waals surface area (Å²) >= 11 is 0. The molecule has 2 aliphatic rings. The quantitative estimate of drug-likeness (QED) is 0.910. The molecule has 0 aromatic carbocycles. The normalized spacial score (nSPS) is 31.5. The van der Waals surface area contributed by atoms with Crippen LogP contribution in [0.5, 0.6) is 0 Å². The van der Waals surface area contributed by atoms with Gasteiger partial charge in [-0.05, 0) is 50.2 Å². The zero-order valence-corrected chi connectivity index (χ0v) is 12.0. The Kier molecular flexibility index (Phi) is 3.74. The number of hydrogen-bond acceptors (Lipinski definition) is 3. The number of amides is 1. The Morgan fingerprint density at radius 2 is 2.20 bits per heavy atom. The Hall–Kier alpha value is -1.42. The summed E-state index contributed by atoms with van der Waals surface area (Å²) in [6.07, 6.45) is 5.31. The van der Waals surface area contributed by atoms with Gasteiger partial charge < -0.3 is 10.6 Å². The molecule has 2 bridgehead atoms. The molecule has 108 valence electrons. The molecule has 4 heteroatoms. The molecule has 0 saturated heterocycles. The van der Waals surface area contributed by atoms with E-state index in [1.165, 1.54) is 12.8 Å². The van der Waals surface area contributed by atoms with Gasteiger partial charge >= 0.3 is 0 Å². The predicted octanol–water partition coefficient (Wildman–Crippen LogP) is 1.80. The van der Waals surface area contributed by atoms with Crippen molar-refractivity contribution in [1.82, 2.24) is 9.88 Å². The van der Waals surface area contributed by atoms with Gasteiger partial charge in [-0.3, -0.25) is 9.78 Å².